The van der Waals surface area contributed by atoms with Gasteiger partial charge in [0.25, 0.3) is 0 Å². The lowest BCUT2D eigenvalue weighted by atomic mass is 10.1. The number of halogens is 1. The summed E-state index contributed by atoms with van der Waals surface area (Å²) in [6.07, 6.45) is 2.06. The lowest BCUT2D eigenvalue weighted by Crippen LogP contribution is -1.85. The van der Waals surface area contributed by atoms with E-state index in [4.69, 9.17) is 16.6 Å². The Morgan fingerprint density at radius 1 is 1.05 bits per heavy atom. The van der Waals surface area contributed by atoms with Gasteiger partial charge < -0.3 is 4.98 Å². The molecule has 0 saturated heterocycles. The van der Waals surface area contributed by atoms with Crippen molar-refractivity contribution in [1.29, 1.82) is 0 Å². The quantitative estimate of drug-likeness (QED) is 0.487. The van der Waals surface area contributed by atoms with E-state index in [-0.39, 0.29) is 0 Å². The predicted octanol–water partition coefficient (Wildman–Crippen LogP) is 5.24. The number of hydrogen-bond acceptors (Lipinski definition) is 2. The van der Waals surface area contributed by atoms with Gasteiger partial charge in [0.15, 0.2) is 0 Å². The van der Waals surface area contributed by atoms with E-state index in [0.717, 1.165) is 32.0 Å². The average molecular weight is 299 g/mol. The van der Waals surface area contributed by atoms with Gasteiger partial charge in [0.1, 0.15) is 5.03 Å². The van der Waals surface area contributed by atoms with Crippen LogP contribution in [0.3, 0.4) is 0 Å². The van der Waals surface area contributed by atoms with Gasteiger partial charge in [-0.1, -0.05) is 35.9 Å². The molecule has 4 heteroatoms. The molecule has 0 amide bonds. The van der Waals surface area contributed by atoms with Crippen molar-refractivity contribution in [3.05, 3.63) is 47.5 Å². The highest BCUT2D eigenvalue weighted by Gasteiger charge is 2.12. The third-order valence-electron chi connectivity index (χ3n) is 3.57. The number of nitrogens with zero attached hydrogens (tertiary/aromatic N) is 1. The molecular formula is C16H11ClN2S. The number of thioether (sulfide) groups is 1. The molecule has 4 rings (SSSR count). The minimum Gasteiger partial charge on any atom is -0.353 e. The third kappa shape index (κ3) is 1.63. The summed E-state index contributed by atoms with van der Waals surface area (Å²) in [6, 6.07) is 14.2. The van der Waals surface area contributed by atoms with E-state index in [1.165, 1.54) is 10.8 Å². The maximum atomic E-state index is 6.12. The molecule has 0 aliphatic carbocycles. The molecule has 2 heterocycles. The van der Waals surface area contributed by atoms with Crippen LogP contribution in [0.1, 0.15) is 0 Å². The van der Waals surface area contributed by atoms with Crippen molar-refractivity contribution in [3.63, 3.8) is 0 Å². The number of fused-ring (bicyclic) bond motifs is 5. The van der Waals surface area contributed by atoms with Crippen LogP contribution in [-0.4, -0.2) is 16.2 Å². The smallest absolute Gasteiger partial charge is 0.104 e. The molecule has 0 spiro atoms. The Morgan fingerprint density at radius 3 is 2.65 bits per heavy atom. The number of benzene rings is 2. The zero-order valence-corrected chi connectivity index (χ0v) is 12.3. The molecule has 0 aliphatic heterocycles. The highest BCUT2D eigenvalue weighted by molar-refractivity contribution is 7.98. The van der Waals surface area contributed by atoms with E-state index < -0.39 is 0 Å². The van der Waals surface area contributed by atoms with Crippen LogP contribution in [0.4, 0.5) is 0 Å². The number of hydrogen-bond donors (Lipinski definition) is 1. The van der Waals surface area contributed by atoms with Crippen LogP contribution in [-0.2, 0) is 0 Å². The predicted molar refractivity (Wildman–Crippen MR) is 87.9 cm³/mol. The fourth-order valence-electron chi connectivity index (χ4n) is 2.67. The number of pyridine rings is 1. The molecule has 98 valence electrons. The van der Waals surface area contributed by atoms with Crippen LogP contribution in [0, 0.1) is 0 Å². The van der Waals surface area contributed by atoms with E-state index in [9.17, 15) is 0 Å². The van der Waals surface area contributed by atoms with Crippen LogP contribution < -0.4 is 0 Å². The largest absolute Gasteiger partial charge is 0.353 e. The van der Waals surface area contributed by atoms with Gasteiger partial charge in [-0.15, -0.1) is 11.8 Å². The fourth-order valence-corrected chi connectivity index (χ4v) is 3.42. The number of rotatable bonds is 1. The lowest BCUT2D eigenvalue weighted by molar-refractivity contribution is 1.24. The minimum atomic E-state index is 0.735. The van der Waals surface area contributed by atoms with E-state index in [1.54, 1.807) is 11.8 Å². The van der Waals surface area contributed by atoms with Crippen molar-refractivity contribution < 1.29 is 0 Å². The number of H-pyrrole nitrogens is 1. The van der Waals surface area contributed by atoms with Crippen LogP contribution in [0.2, 0.25) is 5.02 Å². The molecule has 0 fully saturated rings. The standard InChI is InChI=1S/C16H11ClN2S/c1-20-16-11-5-3-2-4-10(11)14-15(19-16)12-8-9(17)6-7-13(12)18-14/h2-8,18H,1H3. The Labute approximate surface area is 125 Å². The first-order chi connectivity index (χ1) is 9.78. The van der Waals surface area contributed by atoms with Gasteiger partial charge in [-0.3, -0.25) is 0 Å². The molecule has 4 aromatic rings. The summed E-state index contributed by atoms with van der Waals surface area (Å²) in [4.78, 5) is 8.29. The zero-order valence-electron chi connectivity index (χ0n) is 10.8. The molecule has 2 nitrogen and oxygen atoms in total. The first-order valence-corrected chi connectivity index (χ1v) is 7.92. The van der Waals surface area contributed by atoms with E-state index in [2.05, 4.69) is 35.5 Å². The Kier molecular flexibility index (Phi) is 2.65. The SMILES string of the molecule is CSc1nc2c3cc(Cl)ccc3[nH]c2c2ccccc12. The van der Waals surface area contributed by atoms with Crippen molar-refractivity contribution in [3.8, 4) is 0 Å². The molecule has 2 aromatic heterocycles. The van der Waals surface area contributed by atoms with Gasteiger partial charge >= 0.3 is 0 Å². The van der Waals surface area contributed by atoms with Crippen LogP contribution in [0.5, 0.6) is 0 Å². The summed E-state index contributed by atoms with van der Waals surface area (Å²) in [5.41, 5.74) is 3.14. The first-order valence-electron chi connectivity index (χ1n) is 6.31. The molecule has 2 aromatic carbocycles. The molecular weight excluding hydrogens is 288 g/mol. The van der Waals surface area contributed by atoms with Gasteiger partial charge in [0.2, 0.25) is 0 Å². The maximum absolute atomic E-state index is 6.12. The summed E-state index contributed by atoms with van der Waals surface area (Å²) in [6.45, 7) is 0. The second-order valence-corrected chi connectivity index (χ2v) is 5.94. The molecule has 0 unspecified atom stereocenters. The van der Waals surface area contributed by atoms with Gasteiger partial charge in [0, 0.05) is 26.7 Å². The monoisotopic (exact) mass is 298 g/mol. The molecule has 0 aliphatic rings. The number of nitrogens with one attached hydrogen (secondary N) is 1. The Bertz CT molecular complexity index is 959. The second-order valence-electron chi connectivity index (χ2n) is 4.71. The Morgan fingerprint density at radius 2 is 1.85 bits per heavy atom. The number of aromatic amines is 1. The molecule has 20 heavy (non-hydrogen) atoms. The van der Waals surface area contributed by atoms with Gasteiger partial charge in [-0.25, -0.2) is 4.98 Å². The number of aromatic nitrogens is 2. The van der Waals surface area contributed by atoms with Crippen molar-refractivity contribution in [2.75, 3.05) is 6.26 Å². The van der Waals surface area contributed by atoms with Gasteiger partial charge in [-0.2, -0.15) is 0 Å². The highest BCUT2D eigenvalue weighted by Crippen LogP contribution is 2.34. The highest BCUT2D eigenvalue weighted by atomic mass is 35.5. The molecule has 1 N–H and O–H groups in total. The second kappa shape index (κ2) is 4.40. The van der Waals surface area contributed by atoms with Crippen molar-refractivity contribution in [2.45, 2.75) is 5.03 Å². The average Bonchev–Trinajstić information content (AvgIpc) is 2.84. The molecule has 0 saturated carbocycles. The van der Waals surface area contributed by atoms with Gasteiger partial charge in [0.05, 0.1) is 11.0 Å². The van der Waals surface area contributed by atoms with E-state index >= 15 is 0 Å². The zero-order chi connectivity index (χ0) is 13.7. The molecule has 0 bridgehead atoms. The lowest BCUT2D eigenvalue weighted by Gasteiger charge is -2.04. The summed E-state index contributed by atoms with van der Waals surface area (Å²) >= 11 is 7.79. The molecule has 0 atom stereocenters. The van der Waals surface area contributed by atoms with E-state index in [0.29, 0.717) is 0 Å². The summed E-state index contributed by atoms with van der Waals surface area (Å²) in [5.74, 6) is 0. The Balaban J connectivity index is 2.29. The first kappa shape index (κ1) is 12.1. The van der Waals surface area contributed by atoms with Crippen LogP contribution >= 0.6 is 23.4 Å². The van der Waals surface area contributed by atoms with Gasteiger partial charge in [-0.05, 0) is 24.5 Å². The third-order valence-corrected chi connectivity index (χ3v) is 4.50. The minimum absolute atomic E-state index is 0.735. The normalized spacial score (nSPS) is 11.7. The maximum Gasteiger partial charge on any atom is 0.104 e. The van der Waals surface area contributed by atoms with Crippen molar-refractivity contribution in [2.24, 2.45) is 0 Å². The fraction of sp³-hybridized carbons (Fsp3) is 0.0625. The Hall–Kier alpha value is -1.71. The van der Waals surface area contributed by atoms with Crippen LogP contribution in [0.25, 0.3) is 32.7 Å². The summed E-state index contributed by atoms with van der Waals surface area (Å²) in [5, 5.41) is 5.25. The van der Waals surface area contributed by atoms with Crippen molar-refractivity contribution in [1.82, 2.24) is 9.97 Å². The van der Waals surface area contributed by atoms with E-state index in [1.807, 2.05) is 18.2 Å². The van der Waals surface area contributed by atoms with Crippen molar-refractivity contribution >= 4 is 56.1 Å². The van der Waals surface area contributed by atoms with Crippen LogP contribution in [0.15, 0.2) is 47.5 Å². The molecule has 0 radical (unpaired) electrons. The topological polar surface area (TPSA) is 28.7 Å². The summed E-state index contributed by atoms with van der Waals surface area (Å²) < 4.78 is 0. The summed E-state index contributed by atoms with van der Waals surface area (Å²) in [7, 11) is 0.